The molecule has 8 nitrogen and oxygen atoms in total. The van der Waals surface area contributed by atoms with Crippen LogP contribution in [0.4, 0.5) is 5.69 Å². The molecule has 0 aliphatic carbocycles. The topological polar surface area (TPSA) is 93.0 Å². The molecule has 0 fully saturated rings. The molecule has 0 bridgehead atoms. The molecule has 0 unspecified atom stereocenters. The molecule has 0 spiro atoms. The van der Waals surface area contributed by atoms with Crippen molar-refractivity contribution in [2.45, 2.75) is 25.7 Å². The number of carbonyl (C=O) groups is 1. The minimum Gasteiger partial charge on any atom is -0.495 e. The van der Waals surface area contributed by atoms with E-state index in [0.29, 0.717) is 15.8 Å². The van der Waals surface area contributed by atoms with Gasteiger partial charge >= 0.3 is 0 Å². The number of hydrogen-bond donors (Lipinski definition) is 1. The Morgan fingerprint density at radius 1 is 1.02 bits per heavy atom. The lowest BCUT2D eigenvalue weighted by Gasteiger charge is -2.25. The molecule has 4 rings (SSSR count). The monoisotopic (exact) mass is 598 g/mol. The summed E-state index contributed by atoms with van der Waals surface area (Å²) >= 11 is 12.6. The van der Waals surface area contributed by atoms with Crippen LogP contribution in [0.3, 0.4) is 0 Å². The number of aromatic nitrogens is 1. The second-order valence-corrected chi connectivity index (χ2v) is 11.7. The fourth-order valence-corrected chi connectivity index (χ4v) is 6.13. The highest BCUT2D eigenvalue weighted by Gasteiger charge is 2.29. The van der Waals surface area contributed by atoms with Crippen molar-refractivity contribution in [3.05, 3.63) is 105 Å². The number of aryl methyl sites for hydroxylation is 2. The highest BCUT2D eigenvalue weighted by Crippen LogP contribution is 2.34. The van der Waals surface area contributed by atoms with Crippen LogP contribution >= 0.6 is 23.2 Å². The number of halogens is 2. The number of methoxy groups -OCH3 is 1. The molecule has 0 saturated heterocycles. The third-order valence-electron chi connectivity index (χ3n) is 6.26. The van der Waals surface area contributed by atoms with Crippen LogP contribution in [0.15, 0.2) is 82.8 Å². The fraction of sp³-hybridized carbons (Fsp3) is 0.172. The summed E-state index contributed by atoms with van der Waals surface area (Å²) in [7, 11) is -2.67. The van der Waals surface area contributed by atoms with Crippen molar-refractivity contribution < 1.29 is 17.9 Å². The van der Waals surface area contributed by atoms with Gasteiger partial charge in [0.05, 0.1) is 39.6 Å². The zero-order valence-corrected chi connectivity index (χ0v) is 24.7. The normalized spacial score (nSPS) is 11.6. The van der Waals surface area contributed by atoms with E-state index in [1.807, 2.05) is 43.5 Å². The van der Waals surface area contributed by atoms with Gasteiger partial charge in [0, 0.05) is 17.0 Å². The van der Waals surface area contributed by atoms with Crippen molar-refractivity contribution in [3.8, 4) is 11.4 Å². The molecule has 4 aromatic rings. The molecule has 1 N–H and O–H groups in total. The van der Waals surface area contributed by atoms with Crippen molar-refractivity contribution >= 4 is 51.0 Å². The second-order valence-electron chi connectivity index (χ2n) is 9.03. The van der Waals surface area contributed by atoms with Crippen LogP contribution in [0.25, 0.3) is 5.69 Å². The highest BCUT2D eigenvalue weighted by atomic mass is 35.5. The summed E-state index contributed by atoms with van der Waals surface area (Å²) in [5, 5.41) is 4.97. The van der Waals surface area contributed by atoms with Crippen LogP contribution in [0, 0.1) is 20.8 Å². The lowest BCUT2D eigenvalue weighted by atomic mass is 10.2. The van der Waals surface area contributed by atoms with E-state index >= 15 is 0 Å². The van der Waals surface area contributed by atoms with Crippen LogP contribution in [0.2, 0.25) is 10.0 Å². The van der Waals surface area contributed by atoms with Crippen molar-refractivity contribution in [3.63, 3.8) is 0 Å². The maximum atomic E-state index is 13.6. The van der Waals surface area contributed by atoms with Gasteiger partial charge in [-0.1, -0.05) is 53.5 Å². The van der Waals surface area contributed by atoms with Crippen LogP contribution in [0.5, 0.6) is 5.75 Å². The molecule has 1 heterocycles. The van der Waals surface area contributed by atoms with Crippen LogP contribution in [-0.4, -0.2) is 38.8 Å². The number of anilines is 1. The number of rotatable bonds is 9. The summed E-state index contributed by atoms with van der Waals surface area (Å²) in [6.45, 7) is 5.12. The number of amides is 1. The summed E-state index contributed by atoms with van der Waals surface area (Å²) in [5.41, 5.74) is 6.68. The lowest BCUT2D eigenvalue weighted by molar-refractivity contribution is -0.119. The van der Waals surface area contributed by atoms with Gasteiger partial charge in [-0.15, -0.1) is 0 Å². The molecular formula is C29H28Cl2N4O4S. The van der Waals surface area contributed by atoms with Crippen molar-refractivity contribution in [1.29, 1.82) is 0 Å². The summed E-state index contributed by atoms with van der Waals surface area (Å²) in [6, 6.07) is 20.3. The maximum absolute atomic E-state index is 13.6. The summed E-state index contributed by atoms with van der Waals surface area (Å²) in [5.74, 6) is -0.320. The number of nitrogens with one attached hydrogen (secondary N) is 1. The van der Waals surface area contributed by atoms with E-state index < -0.39 is 22.5 Å². The third kappa shape index (κ3) is 6.01. The predicted molar refractivity (Wildman–Crippen MR) is 160 cm³/mol. The van der Waals surface area contributed by atoms with Gasteiger partial charge in [0.2, 0.25) is 0 Å². The van der Waals surface area contributed by atoms with Crippen molar-refractivity contribution in [1.82, 2.24) is 9.99 Å². The molecule has 40 heavy (non-hydrogen) atoms. The van der Waals surface area contributed by atoms with Gasteiger partial charge in [0.25, 0.3) is 15.9 Å². The molecule has 0 saturated carbocycles. The minimum atomic E-state index is -4.11. The van der Waals surface area contributed by atoms with Gasteiger partial charge in [-0.05, 0) is 68.8 Å². The van der Waals surface area contributed by atoms with Gasteiger partial charge in [-0.3, -0.25) is 9.10 Å². The van der Waals surface area contributed by atoms with Crippen molar-refractivity contribution in [2.75, 3.05) is 18.0 Å². The van der Waals surface area contributed by atoms with Crippen LogP contribution in [0.1, 0.15) is 22.5 Å². The minimum absolute atomic E-state index is 0.0435. The SMILES string of the molecule is COc1ccc(C)cc1N(CC(=O)N/N=C/c1cc(C)n(-c2cccc(Cl)c2Cl)c1C)S(=O)(=O)c1ccccc1. The molecule has 11 heteroatoms. The van der Waals surface area contributed by atoms with Gasteiger partial charge in [-0.2, -0.15) is 5.10 Å². The first-order valence-electron chi connectivity index (χ1n) is 12.2. The van der Waals surface area contributed by atoms with Crippen LogP contribution in [-0.2, 0) is 14.8 Å². The Morgan fingerprint density at radius 3 is 2.45 bits per heavy atom. The first-order valence-corrected chi connectivity index (χ1v) is 14.4. The molecule has 208 valence electrons. The Bertz CT molecular complexity index is 1690. The summed E-state index contributed by atoms with van der Waals surface area (Å²) < 4.78 is 35.7. The van der Waals surface area contributed by atoms with Gasteiger partial charge in [-0.25, -0.2) is 13.8 Å². The highest BCUT2D eigenvalue weighted by molar-refractivity contribution is 7.92. The fourth-order valence-electron chi connectivity index (χ4n) is 4.31. The summed E-state index contributed by atoms with van der Waals surface area (Å²) in [6.07, 6.45) is 1.50. The lowest BCUT2D eigenvalue weighted by Crippen LogP contribution is -2.39. The Hall–Kier alpha value is -3.79. The quantitative estimate of drug-likeness (QED) is 0.187. The number of sulfonamides is 1. The molecule has 1 amide bonds. The van der Waals surface area contributed by atoms with E-state index in [0.717, 1.165) is 32.5 Å². The molecule has 3 aromatic carbocycles. The van der Waals surface area contributed by atoms with E-state index in [-0.39, 0.29) is 10.6 Å². The predicted octanol–water partition coefficient (Wildman–Crippen LogP) is 6.06. The first kappa shape index (κ1) is 29.2. The zero-order valence-electron chi connectivity index (χ0n) is 22.4. The number of carbonyl (C=O) groups excluding carboxylic acids is 1. The average Bonchev–Trinajstić information content (AvgIpc) is 3.21. The number of benzene rings is 3. The van der Waals surface area contributed by atoms with E-state index in [1.54, 1.807) is 42.5 Å². The van der Waals surface area contributed by atoms with E-state index in [4.69, 9.17) is 27.9 Å². The van der Waals surface area contributed by atoms with Crippen molar-refractivity contribution in [2.24, 2.45) is 5.10 Å². The molecular weight excluding hydrogens is 571 g/mol. The van der Waals surface area contributed by atoms with Crippen LogP contribution < -0.4 is 14.5 Å². The summed E-state index contributed by atoms with van der Waals surface area (Å²) in [4.78, 5) is 13.1. The molecule has 1 aromatic heterocycles. The molecule has 0 aliphatic rings. The molecule has 0 radical (unpaired) electrons. The Morgan fingerprint density at radius 2 is 1.75 bits per heavy atom. The van der Waals surface area contributed by atoms with Gasteiger partial charge < -0.3 is 9.30 Å². The third-order valence-corrected chi connectivity index (χ3v) is 8.84. The van der Waals surface area contributed by atoms with E-state index in [2.05, 4.69) is 10.5 Å². The number of hydrogen-bond acceptors (Lipinski definition) is 5. The molecule has 0 aliphatic heterocycles. The Labute approximate surface area is 243 Å². The number of hydrazone groups is 1. The van der Waals surface area contributed by atoms with E-state index in [9.17, 15) is 13.2 Å². The van der Waals surface area contributed by atoms with E-state index in [1.165, 1.54) is 25.5 Å². The largest absolute Gasteiger partial charge is 0.495 e. The van der Waals surface area contributed by atoms with Gasteiger partial charge in [0.1, 0.15) is 12.3 Å². The second kappa shape index (κ2) is 12.2. The first-order chi connectivity index (χ1) is 19.0. The maximum Gasteiger partial charge on any atom is 0.264 e. The smallest absolute Gasteiger partial charge is 0.264 e. The Kier molecular flexibility index (Phi) is 8.88. The zero-order chi connectivity index (χ0) is 29.0. The van der Waals surface area contributed by atoms with Gasteiger partial charge in [0.15, 0.2) is 0 Å². The number of ether oxygens (including phenoxy) is 1. The molecule has 0 atom stereocenters. The average molecular weight is 600 g/mol. The standard InChI is InChI=1S/C29H28Cl2N4O4S/c1-19-13-14-27(39-4)26(15-19)34(40(37,38)23-9-6-5-7-10-23)18-28(36)33-32-17-22-16-20(2)35(21(22)3)25-12-8-11-24(30)29(25)31/h5-17H,18H2,1-4H3,(H,33,36)/b32-17+. The number of nitrogens with zero attached hydrogens (tertiary/aromatic N) is 3. The Balaban J connectivity index is 1.61.